The van der Waals surface area contributed by atoms with E-state index in [2.05, 4.69) is 0 Å². The van der Waals surface area contributed by atoms with Gasteiger partial charge in [0.25, 0.3) is 5.91 Å². The molecule has 1 aliphatic heterocycles. The summed E-state index contributed by atoms with van der Waals surface area (Å²) in [5.74, 6) is 0.354. The van der Waals surface area contributed by atoms with Crippen LogP contribution in [-0.4, -0.2) is 48.9 Å². The zero-order valence-corrected chi connectivity index (χ0v) is 15.2. The Hall–Kier alpha value is -1.27. The van der Waals surface area contributed by atoms with Gasteiger partial charge in [-0.25, -0.2) is 8.42 Å². The second-order valence-corrected chi connectivity index (χ2v) is 10.1. The highest BCUT2D eigenvalue weighted by Gasteiger charge is 2.41. The first kappa shape index (κ1) is 18.1. The average molecular weight is 360 g/mol. The molecule has 0 bridgehead atoms. The molecule has 1 aromatic rings. The quantitative estimate of drug-likeness (QED) is 0.828. The number of carbonyl (C=O) groups excluding carboxylic acids is 1. The van der Waals surface area contributed by atoms with Crippen molar-refractivity contribution >= 4 is 27.3 Å². The molecule has 0 unspecified atom stereocenters. The third kappa shape index (κ3) is 4.18. The van der Waals surface area contributed by atoms with Gasteiger partial charge in [-0.15, -0.1) is 0 Å². The van der Waals surface area contributed by atoms with Crippen molar-refractivity contribution in [2.24, 2.45) is 0 Å². The van der Waals surface area contributed by atoms with Gasteiger partial charge in [-0.1, -0.05) is 11.6 Å². The minimum atomic E-state index is -3.26. The topological polar surface area (TPSA) is 63.7 Å². The number of hydrogen-bond donors (Lipinski definition) is 0. The Morgan fingerprint density at radius 3 is 2.48 bits per heavy atom. The van der Waals surface area contributed by atoms with Crippen LogP contribution in [0.3, 0.4) is 0 Å². The lowest BCUT2D eigenvalue weighted by molar-refractivity contribution is -0.132. The van der Waals surface area contributed by atoms with E-state index in [1.807, 2.05) is 0 Å². The normalized spacial score (nSPS) is 19.0. The molecule has 0 N–H and O–H groups in total. The highest BCUT2D eigenvalue weighted by molar-refractivity contribution is 7.93. The van der Waals surface area contributed by atoms with Crippen LogP contribution in [0.4, 0.5) is 0 Å². The molecule has 1 aliphatic rings. The van der Waals surface area contributed by atoms with E-state index in [9.17, 15) is 13.2 Å². The van der Waals surface area contributed by atoms with Crippen molar-refractivity contribution in [2.45, 2.75) is 37.2 Å². The predicted octanol–water partition coefficient (Wildman–Crippen LogP) is 2.53. The molecule has 0 aliphatic carbocycles. The Kier molecular flexibility index (Phi) is 5.26. The summed E-state index contributed by atoms with van der Waals surface area (Å²) < 4.78 is 29.5. The molecule has 0 saturated carbocycles. The number of amides is 1. The Morgan fingerprint density at radius 1 is 1.30 bits per heavy atom. The molecule has 0 radical (unpaired) electrons. The van der Waals surface area contributed by atoms with Crippen molar-refractivity contribution in [1.29, 1.82) is 0 Å². The van der Waals surface area contributed by atoms with Crippen LogP contribution in [0.15, 0.2) is 24.3 Å². The van der Waals surface area contributed by atoms with Gasteiger partial charge in [-0.2, -0.15) is 0 Å². The SMILES string of the molecule is CC(C)(C)S(=O)(=O)[C@@H]1CCN(C(=O)COc2ccc(Cl)cc2)C1. The van der Waals surface area contributed by atoms with E-state index in [1.54, 1.807) is 49.9 Å². The maximum atomic E-state index is 12.5. The lowest BCUT2D eigenvalue weighted by Crippen LogP contribution is -2.40. The van der Waals surface area contributed by atoms with Gasteiger partial charge in [0.2, 0.25) is 0 Å². The Morgan fingerprint density at radius 2 is 1.91 bits per heavy atom. The predicted molar refractivity (Wildman–Crippen MR) is 90.6 cm³/mol. The van der Waals surface area contributed by atoms with Crippen molar-refractivity contribution in [3.05, 3.63) is 29.3 Å². The smallest absolute Gasteiger partial charge is 0.260 e. The van der Waals surface area contributed by atoms with Crippen LogP contribution in [0, 0.1) is 0 Å². The molecule has 1 fully saturated rings. The monoisotopic (exact) mass is 359 g/mol. The third-order valence-corrected chi connectivity index (χ3v) is 7.19. The molecule has 1 amide bonds. The summed E-state index contributed by atoms with van der Waals surface area (Å²) in [6, 6.07) is 6.74. The second-order valence-electron chi connectivity index (χ2n) is 6.65. The average Bonchev–Trinajstić information content (AvgIpc) is 2.95. The first-order valence-corrected chi connectivity index (χ1v) is 9.43. The maximum absolute atomic E-state index is 12.5. The number of sulfone groups is 1. The molecule has 0 spiro atoms. The van der Waals surface area contributed by atoms with Gasteiger partial charge >= 0.3 is 0 Å². The number of halogens is 1. The summed E-state index contributed by atoms with van der Waals surface area (Å²) in [5, 5.41) is 0.0976. The van der Waals surface area contributed by atoms with E-state index < -0.39 is 19.8 Å². The van der Waals surface area contributed by atoms with Crippen LogP contribution < -0.4 is 4.74 Å². The van der Waals surface area contributed by atoms with E-state index in [4.69, 9.17) is 16.3 Å². The van der Waals surface area contributed by atoms with Gasteiger partial charge in [0, 0.05) is 18.1 Å². The van der Waals surface area contributed by atoms with Gasteiger partial charge in [-0.05, 0) is 51.5 Å². The number of likely N-dealkylation sites (tertiary alicyclic amines) is 1. The number of rotatable bonds is 4. The molecule has 128 valence electrons. The van der Waals surface area contributed by atoms with Crippen LogP contribution in [0.25, 0.3) is 0 Å². The summed E-state index contributed by atoms with van der Waals surface area (Å²) >= 11 is 5.79. The van der Waals surface area contributed by atoms with E-state index in [0.717, 1.165) is 0 Å². The summed E-state index contributed by atoms with van der Waals surface area (Å²) in [6.45, 7) is 5.65. The molecule has 0 aromatic heterocycles. The first-order chi connectivity index (χ1) is 10.6. The van der Waals surface area contributed by atoms with E-state index in [0.29, 0.717) is 23.7 Å². The van der Waals surface area contributed by atoms with E-state index >= 15 is 0 Å². The zero-order chi connectivity index (χ0) is 17.3. The van der Waals surface area contributed by atoms with Crippen molar-refractivity contribution in [1.82, 2.24) is 4.90 Å². The molecule has 1 heterocycles. The minimum absolute atomic E-state index is 0.107. The number of benzene rings is 1. The third-order valence-electron chi connectivity index (χ3n) is 3.97. The maximum Gasteiger partial charge on any atom is 0.260 e. The number of nitrogens with zero attached hydrogens (tertiary/aromatic N) is 1. The van der Waals surface area contributed by atoms with Crippen LogP contribution in [0.2, 0.25) is 5.02 Å². The van der Waals surface area contributed by atoms with Gasteiger partial charge in [0.15, 0.2) is 16.4 Å². The van der Waals surface area contributed by atoms with Gasteiger partial charge in [0.05, 0.1) is 10.00 Å². The van der Waals surface area contributed by atoms with Crippen LogP contribution in [-0.2, 0) is 14.6 Å². The fraction of sp³-hybridized carbons (Fsp3) is 0.562. The van der Waals surface area contributed by atoms with Gasteiger partial charge < -0.3 is 9.64 Å². The molecule has 7 heteroatoms. The molecule has 23 heavy (non-hydrogen) atoms. The zero-order valence-electron chi connectivity index (χ0n) is 13.6. The molecule has 5 nitrogen and oxygen atoms in total. The number of ether oxygens (including phenoxy) is 1. The molecular weight excluding hydrogens is 338 g/mol. The number of hydrogen-bond acceptors (Lipinski definition) is 4. The van der Waals surface area contributed by atoms with Crippen molar-refractivity contribution in [3.63, 3.8) is 0 Å². The molecule has 1 aromatic carbocycles. The molecule has 1 atom stereocenters. The van der Waals surface area contributed by atoms with E-state index in [1.165, 1.54) is 0 Å². The minimum Gasteiger partial charge on any atom is -0.484 e. The summed E-state index contributed by atoms with van der Waals surface area (Å²) in [4.78, 5) is 13.7. The fourth-order valence-corrected chi connectivity index (χ4v) is 4.39. The highest BCUT2D eigenvalue weighted by Crippen LogP contribution is 2.27. The van der Waals surface area contributed by atoms with Crippen LogP contribution in [0.1, 0.15) is 27.2 Å². The highest BCUT2D eigenvalue weighted by atomic mass is 35.5. The molecular formula is C16H22ClNO4S. The number of carbonyl (C=O) groups is 1. The molecule has 1 saturated heterocycles. The Bertz CT molecular complexity index is 664. The molecule has 2 rings (SSSR count). The standard InChI is InChI=1S/C16H22ClNO4S/c1-16(2,3)23(20,21)14-8-9-18(10-14)15(19)11-22-13-6-4-12(17)5-7-13/h4-7,14H,8-11H2,1-3H3/t14-/m1/s1. The summed E-state index contributed by atoms with van der Waals surface area (Å²) in [7, 11) is -3.26. The lowest BCUT2D eigenvalue weighted by Gasteiger charge is -2.24. The Balaban J connectivity index is 1.91. The van der Waals surface area contributed by atoms with Gasteiger partial charge in [0.1, 0.15) is 5.75 Å². The summed E-state index contributed by atoms with van der Waals surface area (Å²) in [5.41, 5.74) is 0. The summed E-state index contributed by atoms with van der Waals surface area (Å²) in [6.07, 6.45) is 0.478. The van der Waals surface area contributed by atoms with Crippen molar-refractivity contribution in [3.8, 4) is 5.75 Å². The first-order valence-electron chi connectivity index (χ1n) is 7.51. The van der Waals surface area contributed by atoms with Crippen molar-refractivity contribution < 1.29 is 17.9 Å². The van der Waals surface area contributed by atoms with E-state index in [-0.39, 0.29) is 19.1 Å². The van der Waals surface area contributed by atoms with Crippen LogP contribution in [0.5, 0.6) is 5.75 Å². The fourth-order valence-electron chi connectivity index (χ4n) is 2.48. The van der Waals surface area contributed by atoms with Gasteiger partial charge in [-0.3, -0.25) is 4.79 Å². The van der Waals surface area contributed by atoms with Crippen molar-refractivity contribution in [2.75, 3.05) is 19.7 Å². The Labute approximate surface area is 142 Å². The largest absolute Gasteiger partial charge is 0.484 e. The second kappa shape index (κ2) is 6.69. The van der Waals surface area contributed by atoms with Crippen LogP contribution >= 0.6 is 11.6 Å². The lowest BCUT2D eigenvalue weighted by atomic mass is 10.3.